The second kappa shape index (κ2) is 16.1. The van der Waals surface area contributed by atoms with E-state index in [1.807, 2.05) is 104 Å². The summed E-state index contributed by atoms with van der Waals surface area (Å²) in [5, 5.41) is 12.6. The maximum absolute atomic E-state index is 13.7. The fraction of sp³-hybridized carbons (Fsp3) is 0.100. The Morgan fingerprint density at radius 1 is 0.860 bits per heavy atom. The Morgan fingerprint density at radius 3 is 2.40 bits per heavy atom. The van der Waals surface area contributed by atoms with E-state index in [9.17, 15) is 14.4 Å². The third-order valence-electron chi connectivity index (χ3n) is 7.62. The zero-order valence-electron chi connectivity index (χ0n) is 27.4. The van der Waals surface area contributed by atoms with Gasteiger partial charge in [-0.1, -0.05) is 66.7 Å². The number of rotatable bonds is 12. The Balaban J connectivity index is 1.14. The Labute approximate surface area is 298 Å². The molecule has 0 radical (unpaired) electrons. The Hall–Kier alpha value is -5.71. The van der Waals surface area contributed by atoms with Crippen molar-refractivity contribution in [1.82, 2.24) is 10.3 Å². The molecule has 5 aromatic carbocycles. The minimum atomic E-state index is -0.484. The molecular weight excluding hydrogens is 665 g/mol. The lowest BCUT2D eigenvalue weighted by Gasteiger charge is -2.14. The van der Waals surface area contributed by atoms with E-state index in [1.165, 1.54) is 23.1 Å². The molecule has 0 fully saturated rings. The molecule has 3 amide bonds. The molecule has 0 saturated carbocycles. The number of fused-ring (bicyclic) bond motifs is 1. The van der Waals surface area contributed by atoms with Gasteiger partial charge in [-0.3, -0.25) is 14.4 Å². The summed E-state index contributed by atoms with van der Waals surface area (Å²) >= 11 is 2.72. The van der Waals surface area contributed by atoms with E-state index in [-0.39, 0.29) is 11.6 Å². The number of ether oxygens (including phenoxy) is 1. The van der Waals surface area contributed by atoms with Crippen molar-refractivity contribution in [2.45, 2.75) is 24.0 Å². The number of benzene rings is 5. The molecule has 0 aliphatic heterocycles. The molecule has 0 spiro atoms. The lowest BCUT2D eigenvalue weighted by Crippen LogP contribution is -2.30. The van der Waals surface area contributed by atoms with Gasteiger partial charge in [0.1, 0.15) is 11.4 Å². The maximum atomic E-state index is 13.7. The van der Waals surface area contributed by atoms with Crippen molar-refractivity contribution >= 4 is 68.5 Å². The summed E-state index contributed by atoms with van der Waals surface area (Å²) in [7, 11) is 0. The van der Waals surface area contributed by atoms with Gasteiger partial charge in [-0.05, 0) is 90.9 Å². The molecule has 1 atom stereocenters. The van der Waals surface area contributed by atoms with Crippen molar-refractivity contribution in [2.24, 2.45) is 0 Å². The summed E-state index contributed by atoms with van der Waals surface area (Å²) in [6, 6.07) is 37.3. The van der Waals surface area contributed by atoms with Crippen LogP contribution in [-0.2, 0) is 9.59 Å². The molecule has 8 nitrogen and oxygen atoms in total. The van der Waals surface area contributed by atoms with Crippen LogP contribution in [0, 0.1) is 0 Å². The molecule has 0 aliphatic rings. The molecule has 1 heterocycles. The van der Waals surface area contributed by atoms with Crippen molar-refractivity contribution in [3.63, 3.8) is 0 Å². The fourth-order valence-electron chi connectivity index (χ4n) is 5.14. The van der Waals surface area contributed by atoms with E-state index < -0.39 is 17.1 Å². The van der Waals surface area contributed by atoms with Crippen LogP contribution in [0.2, 0.25) is 0 Å². The van der Waals surface area contributed by atoms with Crippen LogP contribution in [0.25, 0.3) is 28.1 Å². The standard InChI is InChI=1S/C40H34N4O4S2/c1-3-48-32-21-19-28(20-22-32)36-25-49-40(43-36)44-37(45)26(2)50-33-17-10-16-31(24-33)41-39(47)35(42-38(46)29-12-5-4-6-13-29)23-30-15-9-14-27-11-7-8-18-34(27)30/h4-26H,3H2,1-2H3,(H,41,47)(H,42,46)(H,43,44,45)/b35-23+. The van der Waals surface area contributed by atoms with E-state index >= 15 is 0 Å². The largest absolute Gasteiger partial charge is 0.494 e. The molecule has 1 aromatic heterocycles. The highest BCUT2D eigenvalue weighted by atomic mass is 32.2. The summed E-state index contributed by atoms with van der Waals surface area (Å²) < 4.78 is 5.51. The number of nitrogens with zero attached hydrogens (tertiary/aromatic N) is 1. The first-order chi connectivity index (χ1) is 24.4. The SMILES string of the molecule is CCOc1ccc(-c2csc(NC(=O)C(C)Sc3cccc(NC(=O)/C(=C\c4cccc5ccccc45)NC(=O)c4ccccc4)c3)n2)cc1. The molecule has 10 heteroatoms. The molecule has 250 valence electrons. The van der Waals surface area contributed by atoms with Gasteiger partial charge in [0, 0.05) is 27.1 Å². The van der Waals surface area contributed by atoms with E-state index in [0.717, 1.165) is 38.2 Å². The molecule has 0 aliphatic carbocycles. The molecule has 3 N–H and O–H groups in total. The number of thiazole rings is 1. The second-order valence-electron chi connectivity index (χ2n) is 11.2. The third-order valence-corrected chi connectivity index (χ3v) is 9.47. The van der Waals surface area contributed by atoms with Gasteiger partial charge < -0.3 is 20.7 Å². The molecule has 50 heavy (non-hydrogen) atoms. The zero-order chi connectivity index (χ0) is 34.9. The number of hydrogen-bond acceptors (Lipinski definition) is 7. The number of carbonyl (C=O) groups excluding carboxylic acids is 3. The summed E-state index contributed by atoms with van der Waals surface area (Å²) in [5.74, 6) is -0.284. The van der Waals surface area contributed by atoms with Crippen molar-refractivity contribution in [2.75, 3.05) is 17.2 Å². The van der Waals surface area contributed by atoms with E-state index in [4.69, 9.17) is 4.74 Å². The molecule has 0 saturated heterocycles. The number of thioether (sulfide) groups is 1. The molecular formula is C40H34N4O4S2. The first-order valence-corrected chi connectivity index (χ1v) is 17.8. The number of nitrogens with one attached hydrogen (secondary N) is 3. The summed E-state index contributed by atoms with van der Waals surface area (Å²) in [6.45, 7) is 4.35. The van der Waals surface area contributed by atoms with Gasteiger partial charge in [0.25, 0.3) is 11.8 Å². The van der Waals surface area contributed by atoms with Crippen LogP contribution in [0.5, 0.6) is 5.75 Å². The van der Waals surface area contributed by atoms with Gasteiger partial charge in [-0.15, -0.1) is 23.1 Å². The minimum absolute atomic E-state index is 0.0917. The molecule has 6 aromatic rings. The van der Waals surface area contributed by atoms with Gasteiger partial charge in [-0.2, -0.15) is 0 Å². The number of carbonyl (C=O) groups is 3. The summed E-state index contributed by atoms with van der Waals surface area (Å²) in [4.78, 5) is 45.4. The minimum Gasteiger partial charge on any atom is -0.494 e. The molecule has 0 bridgehead atoms. The van der Waals surface area contributed by atoms with Gasteiger partial charge in [0.2, 0.25) is 5.91 Å². The average Bonchev–Trinajstić information content (AvgIpc) is 3.60. The van der Waals surface area contributed by atoms with E-state index in [1.54, 1.807) is 42.5 Å². The first kappa shape index (κ1) is 34.2. The predicted octanol–water partition coefficient (Wildman–Crippen LogP) is 8.89. The molecule has 6 rings (SSSR count). The van der Waals surface area contributed by atoms with Crippen molar-refractivity contribution < 1.29 is 19.1 Å². The quantitative estimate of drug-likeness (QED) is 0.0870. The normalized spacial score (nSPS) is 11.8. The van der Waals surface area contributed by atoms with Gasteiger partial charge in [-0.25, -0.2) is 4.98 Å². The van der Waals surface area contributed by atoms with Crippen LogP contribution in [0.1, 0.15) is 29.8 Å². The first-order valence-electron chi connectivity index (χ1n) is 16.0. The van der Waals surface area contributed by atoms with Crippen LogP contribution < -0.4 is 20.7 Å². The smallest absolute Gasteiger partial charge is 0.272 e. The van der Waals surface area contributed by atoms with Crippen molar-refractivity contribution in [1.29, 1.82) is 0 Å². The number of anilines is 2. The van der Waals surface area contributed by atoms with Crippen LogP contribution >= 0.6 is 23.1 Å². The number of hydrogen-bond donors (Lipinski definition) is 3. The van der Waals surface area contributed by atoms with Crippen LogP contribution in [0.15, 0.2) is 137 Å². The predicted molar refractivity (Wildman–Crippen MR) is 204 cm³/mol. The Kier molecular flexibility index (Phi) is 11.0. The van der Waals surface area contributed by atoms with E-state index in [0.29, 0.717) is 23.0 Å². The van der Waals surface area contributed by atoms with Crippen molar-refractivity contribution in [3.05, 3.63) is 144 Å². The highest BCUT2D eigenvalue weighted by Crippen LogP contribution is 2.30. The highest BCUT2D eigenvalue weighted by molar-refractivity contribution is 8.00. The summed E-state index contributed by atoms with van der Waals surface area (Å²) in [6.07, 6.45) is 1.68. The Bertz CT molecular complexity index is 2160. The van der Waals surface area contributed by atoms with Crippen molar-refractivity contribution in [3.8, 4) is 17.0 Å². The van der Waals surface area contributed by atoms with Crippen LogP contribution in [0.4, 0.5) is 10.8 Å². The lowest BCUT2D eigenvalue weighted by atomic mass is 10.0. The van der Waals surface area contributed by atoms with Crippen LogP contribution in [-0.4, -0.2) is 34.6 Å². The highest BCUT2D eigenvalue weighted by Gasteiger charge is 2.19. The fourth-order valence-corrected chi connectivity index (χ4v) is 6.79. The monoisotopic (exact) mass is 698 g/mol. The zero-order valence-corrected chi connectivity index (χ0v) is 29.0. The van der Waals surface area contributed by atoms with Gasteiger partial charge in [0.05, 0.1) is 17.6 Å². The average molecular weight is 699 g/mol. The van der Waals surface area contributed by atoms with Gasteiger partial charge >= 0.3 is 0 Å². The second-order valence-corrected chi connectivity index (χ2v) is 13.4. The van der Waals surface area contributed by atoms with Gasteiger partial charge in [0.15, 0.2) is 5.13 Å². The maximum Gasteiger partial charge on any atom is 0.272 e. The van der Waals surface area contributed by atoms with E-state index in [2.05, 4.69) is 20.9 Å². The van der Waals surface area contributed by atoms with Crippen LogP contribution in [0.3, 0.4) is 0 Å². The number of amides is 3. The third kappa shape index (κ3) is 8.65. The number of aromatic nitrogens is 1. The topological polar surface area (TPSA) is 109 Å². The lowest BCUT2D eigenvalue weighted by molar-refractivity contribution is -0.115. The summed E-state index contributed by atoms with van der Waals surface area (Å²) in [5.41, 5.74) is 3.53. The Morgan fingerprint density at radius 2 is 1.60 bits per heavy atom. The molecule has 1 unspecified atom stereocenters.